The largest absolute Gasteiger partial charge is 0.459 e. The SMILES string of the molecule is O=C(c1csc(-c2cccnc2)n1)N1CCCN1C(=O)c1ccco1. The summed E-state index contributed by atoms with van der Waals surface area (Å²) in [4.78, 5) is 33.8. The molecule has 1 aliphatic rings. The van der Waals surface area contributed by atoms with Crippen LogP contribution < -0.4 is 0 Å². The molecule has 7 nitrogen and oxygen atoms in total. The fourth-order valence-electron chi connectivity index (χ4n) is 2.69. The summed E-state index contributed by atoms with van der Waals surface area (Å²) in [7, 11) is 0. The molecule has 0 radical (unpaired) electrons. The first kappa shape index (κ1) is 15.5. The van der Waals surface area contributed by atoms with Crippen LogP contribution in [0.2, 0.25) is 0 Å². The monoisotopic (exact) mass is 354 g/mol. The van der Waals surface area contributed by atoms with Crippen LogP contribution in [0.5, 0.6) is 0 Å². The van der Waals surface area contributed by atoms with Crippen LogP contribution in [-0.2, 0) is 0 Å². The molecule has 0 unspecified atom stereocenters. The highest BCUT2D eigenvalue weighted by atomic mass is 32.1. The minimum absolute atomic E-state index is 0.217. The van der Waals surface area contributed by atoms with Crippen molar-refractivity contribution in [3.63, 3.8) is 0 Å². The second-order valence-electron chi connectivity index (χ2n) is 5.47. The summed E-state index contributed by atoms with van der Waals surface area (Å²) >= 11 is 1.38. The van der Waals surface area contributed by atoms with E-state index >= 15 is 0 Å². The van der Waals surface area contributed by atoms with E-state index in [4.69, 9.17) is 4.42 Å². The Balaban J connectivity index is 1.56. The van der Waals surface area contributed by atoms with Crippen molar-refractivity contribution in [3.8, 4) is 10.6 Å². The highest BCUT2D eigenvalue weighted by Crippen LogP contribution is 2.25. The topological polar surface area (TPSA) is 79.5 Å². The van der Waals surface area contributed by atoms with Crippen LogP contribution in [0, 0.1) is 0 Å². The van der Waals surface area contributed by atoms with Crippen molar-refractivity contribution in [2.24, 2.45) is 0 Å². The van der Waals surface area contributed by atoms with Gasteiger partial charge in [-0.15, -0.1) is 11.3 Å². The highest BCUT2D eigenvalue weighted by Gasteiger charge is 2.34. The first-order chi connectivity index (χ1) is 12.2. The van der Waals surface area contributed by atoms with Gasteiger partial charge in [-0.2, -0.15) is 0 Å². The van der Waals surface area contributed by atoms with E-state index in [1.807, 2.05) is 12.1 Å². The molecule has 0 atom stereocenters. The number of aromatic nitrogens is 2. The average molecular weight is 354 g/mol. The summed E-state index contributed by atoms with van der Waals surface area (Å²) in [5, 5.41) is 5.29. The third-order valence-corrected chi connectivity index (χ3v) is 4.76. The highest BCUT2D eigenvalue weighted by molar-refractivity contribution is 7.13. The zero-order chi connectivity index (χ0) is 17.2. The van der Waals surface area contributed by atoms with Crippen LogP contribution in [-0.4, -0.2) is 44.9 Å². The quantitative estimate of drug-likeness (QED) is 0.722. The molecule has 2 amide bonds. The average Bonchev–Trinajstić information content (AvgIpc) is 3.42. The Kier molecular flexibility index (Phi) is 4.02. The lowest BCUT2D eigenvalue weighted by molar-refractivity contribution is 0.0164. The minimum atomic E-state index is -0.321. The lowest BCUT2D eigenvalue weighted by Gasteiger charge is -2.26. The van der Waals surface area contributed by atoms with E-state index in [0.29, 0.717) is 18.8 Å². The molecule has 3 aromatic rings. The third kappa shape index (κ3) is 2.91. The Morgan fingerprint density at radius 3 is 2.68 bits per heavy atom. The predicted octanol–water partition coefficient (Wildman–Crippen LogP) is 2.70. The normalized spacial score (nSPS) is 14.1. The maximum absolute atomic E-state index is 12.8. The van der Waals surface area contributed by atoms with Gasteiger partial charge in [0.1, 0.15) is 10.7 Å². The van der Waals surface area contributed by atoms with Crippen LogP contribution in [0.15, 0.2) is 52.7 Å². The Labute approximate surface area is 147 Å². The molecule has 1 fully saturated rings. The number of pyridine rings is 1. The summed E-state index contributed by atoms with van der Waals surface area (Å²) in [5.41, 5.74) is 1.18. The lowest BCUT2D eigenvalue weighted by atomic mass is 10.3. The zero-order valence-corrected chi connectivity index (χ0v) is 14.0. The third-order valence-electron chi connectivity index (χ3n) is 3.86. The van der Waals surface area contributed by atoms with Gasteiger partial charge >= 0.3 is 5.91 Å². The fraction of sp³-hybridized carbons (Fsp3) is 0.176. The Morgan fingerprint density at radius 2 is 1.96 bits per heavy atom. The van der Waals surface area contributed by atoms with Gasteiger partial charge in [0, 0.05) is 36.4 Å². The molecule has 4 rings (SSSR count). The Morgan fingerprint density at radius 1 is 1.12 bits per heavy atom. The number of rotatable bonds is 3. The molecule has 0 saturated carbocycles. The van der Waals surface area contributed by atoms with Gasteiger partial charge in [0.2, 0.25) is 0 Å². The molecule has 3 aromatic heterocycles. The fourth-order valence-corrected chi connectivity index (χ4v) is 3.47. The summed E-state index contributed by atoms with van der Waals surface area (Å²) in [5.74, 6) is -0.392. The molecule has 126 valence electrons. The summed E-state index contributed by atoms with van der Waals surface area (Å²) in [6.45, 7) is 0.954. The van der Waals surface area contributed by atoms with Crippen molar-refractivity contribution in [1.82, 2.24) is 20.0 Å². The lowest BCUT2D eigenvalue weighted by Crippen LogP contribution is -2.44. The Bertz CT molecular complexity index is 892. The molecule has 0 N–H and O–H groups in total. The number of hydrogen-bond acceptors (Lipinski definition) is 6. The molecule has 0 aliphatic carbocycles. The smallest absolute Gasteiger partial charge is 0.308 e. The molecule has 0 bridgehead atoms. The maximum atomic E-state index is 12.8. The first-order valence-corrected chi connectivity index (χ1v) is 8.65. The van der Waals surface area contributed by atoms with Gasteiger partial charge in [-0.1, -0.05) is 0 Å². The number of hydrazine groups is 1. The number of furan rings is 1. The second kappa shape index (κ2) is 6.48. The van der Waals surface area contributed by atoms with Crippen LogP contribution >= 0.6 is 11.3 Å². The molecule has 1 aliphatic heterocycles. The number of carbonyl (C=O) groups is 2. The van der Waals surface area contributed by atoms with E-state index in [1.54, 1.807) is 29.9 Å². The summed E-state index contributed by atoms with van der Waals surface area (Å²) in [6.07, 6.45) is 5.55. The van der Waals surface area contributed by atoms with E-state index in [1.165, 1.54) is 27.6 Å². The number of hydrogen-bond donors (Lipinski definition) is 0. The molecule has 25 heavy (non-hydrogen) atoms. The van der Waals surface area contributed by atoms with Crippen molar-refractivity contribution in [3.05, 3.63) is 59.8 Å². The van der Waals surface area contributed by atoms with Crippen molar-refractivity contribution >= 4 is 23.2 Å². The number of nitrogens with zero attached hydrogens (tertiary/aromatic N) is 4. The van der Waals surface area contributed by atoms with Gasteiger partial charge in [0.25, 0.3) is 5.91 Å². The van der Waals surface area contributed by atoms with Gasteiger partial charge in [-0.25, -0.2) is 15.0 Å². The van der Waals surface area contributed by atoms with E-state index in [2.05, 4.69) is 9.97 Å². The molecule has 0 spiro atoms. The van der Waals surface area contributed by atoms with Crippen LogP contribution in [0.3, 0.4) is 0 Å². The van der Waals surface area contributed by atoms with Gasteiger partial charge in [-0.05, 0) is 30.7 Å². The van der Waals surface area contributed by atoms with E-state index in [-0.39, 0.29) is 17.6 Å². The van der Waals surface area contributed by atoms with Crippen LogP contribution in [0.4, 0.5) is 0 Å². The zero-order valence-electron chi connectivity index (χ0n) is 13.2. The minimum Gasteiger partial charge on any atom is -0.459 e. The number of amides is 2. The van der Waals surface area contributed by atoms with Crippen molar-refractivity contribution in [2.75, 3.05) is 13.1 Å². The second-order valence-corrected chi connectivity index (χ2v) is 6.33. The molecule has 8 heteroatoms. The van der Waals surface area contributed by atoms with E-state index in [9.17, 15) is 9.59 Å². The van der Waals surface area contributed by atoms with Gasteiger partial charge < -0.3 is 4.42 Å². The molecule has 4 heterocycles. The summed E-state index contributed by atoms with van der Waals surface area (Å²) < 4.78 is 5.15. The molecule has 0 aromatic carbocycles. The van der Waals surface area contributed by atoms with Crippen LogP contribution in [0.25, 0.3) is 10.6 Å². The first-order valence-electron chi connectivity index (χ1n) is 7.77. The van der Waals surface area contributed by atoms with Crippen molar-refractivity contribution < 1.29 is 14.0 Å². The maximum Gasteiger partial charge on any atom is 0.308 e. The van der Waals surface area contributed by atoms with Crippen molar-refractivity contribution in [1.29, 1.82) is 0 Å². The molecular formula is C17H14N4O3S. The van der Waals surface area contributed by atoms with E-state index in [0.717, 1.165) is 17.0 Å². The van der Waals surface area contributed by atoms with Crippen LogP contribution in [0.1, 0.15) is 27.5 Å². The standard InChI is InChI=1S/C17H14N4O3S/c22-16(13-11-25-15(19-13)12-4-1-6-18-10-12)20-7-3-8-21(20)17(23)14-5-2-9-24-14/h1-2,4-6,9-11H,3,7-8H2. The predicted molar refractivity (Wildman–Crippen MR) is 90.7 cm³/mol. The molecule has 1 saturated heterocycles. The van der Waals surface area contributed by atoms with Gasteiger partial charge in [-0.3, -0.25) is 14.6 Å². The van der Waals surface area contributed by atoms with Gasteiger partial charge in [0.15, 0.2) is 5.76 Å². The molecular weight excluding hydrogens is 340 g/mol. The summed E-state index contributed by atoms with van der Waals surface area (Å²) in [6, 6.07) is 6.95. The number of thiazole rings is 1. The number of carbonyl (C=O) groups excluding carboxylic acids is 2. The van der Waals surface area contributed by atoms with Crippen molar-refractivity contribution in [2.45, 2.75) is 6.42 Å². The Hall–Kier alpha value is -3.00. The van der Waals surface area contributed by atoms with E-state index < -0.39 is 0 Å². The van der Waals surface area contributed by atoms with Gasteiger partial charge in [0.05, 0.1) is 6.26 Å².